The minimum absolute atomic E-state index is 0.212. The molecule has 0 fully saturated rings. The molecule has 0 saturated carbocycles. The second kappa shape index (κ2) is 6.93. The van der Waals surface area contributed by atoms with Gasteiger partial charge in [0, 0.05) is 15.4 Å². The Balaban J connectivity index is 1.80. The fourth-order valence-electron chi connectivity index (χ4n) is 2.17. The molecule has 116 valence electrons. The van der Waals surface area contributed by atoms with E-state index >= 15 is 0 Å². The highest BCUT2D eigenvalue weighted by Crippen LogP contribution is 2.18. The number of nitrogens with one attached hydrogen (secondary N) is 1. The topological polar surface area (TPSA) is 51.1 Å². The summed E-state index contributed by atoms with van der Waals surface area (Å²) in [4.78, 5) is 24.0. The van der Waals surface area contributed by atoms with Crippen molar-refractivity contribution in [3.63, 3.8) is 0 Å². The molecule has 2 aromatic carbocycles. The number of nitrogens with zero attached hydrogens (tertiary/aromatic N) is 1. The second-order valence-electron chi connectivity index (χ2n) is 4.93. The predicted octanol–water partition coefficient (Wildman–Crippen LogP) is 3.65. The van der Waals surface area contributed by atoms with Crippen LogP contribution in [0.5, 0.6) is 0 Å². The average Bonchev–Trinajstić information content (AvgIpc) is 2.91. The fraction of sp³-hybridized carbons (Fsp3) is 0.0588. The molecule has 3 aromatic rings. The Morgan fingerprint density at radius 1 is 1.09 bits per heavy atom. The minimum atomic E-state index is -0.231. The van der Waals surface area contributed by atoms with E-state index in [1.807, 2.05) is 54.6 Å². The zero-order chi connectivity index (χ0) is 16.2. The van der Waals surface area contributed by atoms with Gasteiger partial charge in [0.1, 0.15) is 0 Å². The molecule has 0 aliphatic carbocycles. The smallest absolute Gasteiger partial charge is 0.273 e. The van der Waals surface area contributed by atoms with E-state index < -0.39 is 0 Å². The van der Waals surface area contributed by atoms with Crippen molar-refractivity contribution in [2.24, 2.45) is 0 Å². The molecule has 0 radical (unpaired) electrons. The molecule has 1 heterocycles. The number of carbonyl (C=O) groups is 1. The molecule has 0 atom stereocenters. The van der Waals surface area contributed by atoms with E-state index in [1.54, 1.807) is 5.38 Å². The molecule has 6 heteroatoms. The molecule has 3 rings (SSSR count). The summed E-state index contributed by atoms with van der Waals surface area (Å²) >= 11 is 4.42. The van der Waals surface area contributed by atoms with Crippen molar-refractivity contribution in [3.05, 3.63) is 79.7 Å². The Morgan fingerprint density at radius 3 is 2.48 bits per heavy atom. The SMILES string of the molecule is O=C(Cc1ccc(Br)cc1)Nn1c(-c2ccccc2)csc1=O. The van der Waals surface area contributed by atoms with Crippen LogP contribution in [0.4, 0.5) is 0 Å². The van der Waals surface area contributed by atoms with Gasteiger partial charge in [-0.1, -0.05) is 69.7 Å². The van der Waals surface area contributed by atoms with Crippen molar-refractivity contribution in [2.75, 3.05) is 5.43 Å². The number of carbonyl (C=O) groups excluding carboxylic acids is 1. The van der Waals surface area contributed by atoms with E-state index in [1.165, 1.54) is 4.68 Å². The van der Waals surface area contributed by atoms with Crippen LogP contribution in [-0.2, 0) is 11.2 Å². The van der Waals surface area contributed by atoms with Crippen LogP contribution in [0.1, 0.15) is 5.56 Å². The molecule has 0 unspecified atom stereocenters. The summed E-state index contributed by atoms with van der Waals surface area (Å²) in [6.07, 6.45) is 0.212. The maximum absolute atomic E-state index is 12.2. The van der Waals surface area contributed by atoms with Gasteiger partial charge >= 0.3 is 4.87 Å². The van der Waals surface area contributed by atoms with Crippen LogP contribution in [0.25, 0.3) is 11.3 Å². The van der Waals surface area contributed by atoms with Gasteiger partial charge in [-0.2, -0.15) is 0 Å². The molecule has 0 saturated heterocycles. The third-order valence-corrected chi connectivity index (χ3v) is 4.53. The third kappa shape index (κ3) is 3.78. The molecule has 23 heavy (non-hydrogen) atoms. The van der Waals surface area contributed by atoms with Gasteiger partial charge in [-0.25, -0.2) is 4.68 Å². The lowest BCUT2D eigenvalue weighted by Crippen LogP contribution is -2.31. The lowest BCUT2D eigenvalue weighted by atomic mass is 10.1. The van der Waals surface area contributed by atoms with Gasteiger partial charge < -0.3 is 0 Å². The molecular weight excluding hydrogens is 376 g/mol. The summed E-state index contributed by atoms with van der Waals surface area (Å²) in [5.74, 6) is -0.231. The largest absolute Gasteiger partial charge is 0.326 e. The summed E-state index contributed by atoms with van der Waals surface area (Å²) in [5, 5.41) is 1.75. The van der Waals surface area contributed by atoms with Crippen LogP contribution in [0.15, 0.2) is 69.2 Å². The van der Waals surface area contributed by atoms with Gasteiger partial charge in [0.2, 0.25) is 5.91 Å². The normalized spacial score (nSPS) is 10.5. The van der Waals surface area contributed by atoms with Gasteiger partial charge in [0.15, 0.2) is 0 Å². The quantitative estimate of drug-likeness (QED) is 0.741. The van der Waals surface area contributed by atoms with Crippen molar-refractivity contribution in [2.45, 2.75) is 6.42 Å². The Hall–Kier alpha value is -2.18. The number of rotatable bonds is 4. The number of hydrogen-bond acceptors (Lipinski definition) is 3. The van der Waals surface area contributed by atoms with Crippen molar-refractivity contribution in [1.29, 1.82) is 0 Å². The zero-order valence-corrected chi connectivity index (χ0v) is 14.4. The Bertz CT molecular complexity index is 870. The molecule has 0 aliphatic rings. The van der Waals surface area contributed by atoms with Crippen molar-refractivity contribution in [3.8, 4) is 11.3 Å². The fourth-order valence-corrected chi connectivity index (χ4v) is 3.14. The molecule has 1 aromatic heterocycles. The lowest BCUT2D eigenvalue weighted by Gasteiger charge is -2.09. The molecule has 0 bridgehead atoms. The number of aromatic nitrogens is 1. The van der Waals surface area contributed by atoms with E-state index in [0.717, 1.165) is 26.9 Å². The standard InChI is InChI=1S/C17H13BrN2O2S/c18-14-8-6-12(7-9-14)10-16(21)19-20-15(11-23-17(20)22)13-4-2-1-3-5-13/h1-9,11H,10H2,(H,19,21). The zero-order valence-electron chi connectivity index (χ0n) is 12.0. The minimum Gasteiger partial charge on any atom is -0.273 e. The van der Waals surface area contributed by atoms with E-state index in [4.69, 9.17) is 0 Å². The van der Waals surface area contributed by atoms with Gasteiger partial charge in [-0.3, -0.25) is 15.0 Å². The highest BCUT2D eigenvalue weighted by atomic mass is 79.9. The molecule has 1 N–H and O–H groups in total. The summed E-state index contributed by atoms with van der Waals surface area (Å²) in [7, 11) is 0. The highest BCUT2D eigenvalue weighted by molar-refractivity contribution is 9.10. The third-order valence-electron chi connectivity index (χ3n) is 3.28. The van der Waals surface area contributed by atoms with E-state index in [-0.39, 0.29) is 17.2 Å². The number of benzene rings is 2. The summed E-state index contributed by atoms with van der Waals surface area (Å²) < 4.78 is 2.27. The van der Waals surface area contributed by atoms with Gasteiger partial charge in [-0.15, -0.1) is 0 Å². The number of halogens is 1. The highest BCUT2D eigenvalue weighted by Gasteiger charge is 2.12. The van der Waals surface area contributed by atoms with Crippen molar-refractivity contribution < 1.29 is 4.79 Å². The van der Waals surface area contributed by atoms with Crippen LogP contribution in [0.2, 0.25) is 0 Å². The van der Waals surface area contributed by atoms with Crippen LogP contribution >= 0.6 is 27.3 Å². The first kappa shape index (κ1) is 15.7. The first-order valence-electron chi connectivity index (χ1n) is 6.94. The van der Waals surface area contributed by atoms with Gasteiger partial charge in [0.25, 0.3) is 0 Å². The van der Waals surface area contributed by atoms with Crippen LogP contribution < -0.4 is 10.3 Å². The molecular formula is C17H13BrN2O2S. The summed E-state index contributed by atoms with van der Waals surface area (Å²) in [5.41, 5.74) is 5.14. The van der Waals surface area contributed by atoms with Gasteiger partial charge in [0.05, 0.1) is 12.1 Å². The maximum atomic E-state index is 12.2. The van der Waals surface area contributed by atoms with Crippen molar-refractivity contribution in [1.82, 2.24) is 4.68 Å². The number of amides is 1. The summed E-state index contributed by atoms with van der Waals surface area (Å²) in [6, 6.07) is 17.0. The lowest BCUT2D eigenvalue weighted by molar-refractivity contribution is -0.116. The Labute approximate surface area is 145 Å². The first-order valence-corrected chi connectivity index (χ1v) is 8.61. The predicted molar refractivity (Wildman–Crippen MR) is 96.2 cm³/mol. The number of hydrogen-bond donors (Lipinski definition) is 1. The molecule has 0 aliphatic heterocycles. The van der Waals surface area contributed by atoms with E-state index in [9.17, 15) is 9.59 Å². The second-order valence-corrected chi connectivity index (χ2v) is 6.66. The molecule has 4 nitrogen and oxygen atoms in total. The summed E-state index contributed by atoms with van der Waals surface area (Å²) in [6.45, 7) is 0. The molecule has 0 spiro atoms. The first-order chi connectivity index (χ1) is 11.1. The van der Waals surface area contributed by atoms with Crippen molar-refractivity contribution >= 4 is 33.2 Å². The van der Waals surface area contributed by atoms with E-state index in [2.05, 4.69) is 21.4 Å². The van der Waals surface area contributed by atoms with Crippen LogP contribution in [-0.4, -0.2) is 10.6 Å². The van der Waals surface area contributed by atoms with Crippen LogP contribution in [0.3, 0.4) is 0 Å². The monoisotopic (exact) mass is 388 g/mol. The van der Waals surface area contributed by atoms with E-state index in [0.29, 0.717) is 5.69 Å². The Morgan fingerprint density at radius 2 is 1.78 bits per heavy atom. The maximum Gasteiger partial charge on any atom is 0.326 e. The van der Waals surface area contributed by atoms with Gasteiger partial charge in [-0.05, 0) is 17.7 Å². The van der Waals surface area contributed by atoms with Crippen LogP contribution in [0, 0.1) is 0 Å². The Kier molecular flexibility index (Phi) is 4.73. The molecule has 1 amide bonds. The average molecular weight is 389 g/mol. The number of thiazole rings is 1.